The Hall–Kier alpha value is -1.34. The quantitative estimate of drug-likeness (QED) is 0.801. The summed E-state index contributed by atoms with van der Waals surface area (Å²) in [6, 6.07) is 5.54. The number of aryl methyl sites for hydroxylation is 1. The number of hydrogen-bond acceptors (Lipinski definition) is 3. The molecule has 0 atom stereocenters. The smallest absolute Gasteiger partial charge is 0.310 e. The van der Waals surface area contributed by atoms with Gasteiger partial charge in [-0.25, -0.2) is 0 Å². The van der Waals surface area contributed by atoms with Crippen molar-refractivity contribution in [1.29, 1.82) is 5.26 Å². The Morgan fingerprint density at radius 3 is 2.75 bits per heavy atom. The summed E-state index contributed by atoms with van der Waals surface area (Å²) in [4.78, 5) is 11.4. The van der Waals surface area contributed by atoms with E-state index in [9.17, 15) is 4.79 Å². The molecular formula is C12H12BrNO2. The van der Waals surface area contributed by atoms with Crippen molar-refractivity contribution in [2.24, 2.45) is 0 Å². The third kappa shape index (κ3) is 3.07. The lowest BCUT2D eigenvalue weighted by molar-refractivity contribution is -0.142. The van der Waals surface area contributed by atoms with Crippen LogP contribution < -0.4 is 0 Å². The van der Waals surface area contributed by atoms with Gasteiger partial charge in [-0.1, -0.05) is 15.9 Å². The summed E-state index contributed by atoms with van der Waals surface area (Å²) in [5.74, 6) is -0.254. The Labute approximate surface area is 103 Å². The second kappa shape index (κ2) is 5.66. The topological polar surface area (TPSA) is 50.1 Å². The summed E-state index contributed by atoms with van der Waals surface area (Å²) in [6.45, 7) is 4.03. The van der Waals surface area contributed by atoms with Gasteiger partial charge >= 0.3 is 5.97 Å². The summed E-state index contributed by atoms with van der Waals surface area (Å²) in [6.07, 6.45) is 0.228. The number of carbonyl (C=O) groups excluding carboxylic acids is 1. The maximum absolute atomic E-state index is 11.4. The van der Waals surface area contributed by atoms with Crippen molar-refractivity contribution in [2.75, 3.05) is 6.61 Å². The van der Waals surface area contributed by atoms with Crippen molar-refractivity contribution in [3.05, 3.63) is 33.3 Å². The first-order valence-electron chi connectivity index (χ1n) is 4.93. The minimum atomic E-state index is -0.254. The predicted molar refractivity (Wildman–Crippen MR) is 63.9 cm³/mol. The zero-order valence-corrected chi connectivity index (χ0v) is 10.8. The van der Waals surface area contributed by atoms with Crippen LogP contribution >= 0.6 is 15.9 Å². The molecule has 0 bridgehead atoms. The molecule has 1 aromatic carbocycles. The molecule has 0 aliphatic heterocycles. The van der Waals surface area contributed by atoms with Crippen molar-refractivity contribution in [2.45, 2.75) is 20.3 Å². The number of rotatable bonds is 3. The minimum absolute atomic E-state index is 0.228. The lowest BCUT2D eigenvalue weighted by atomic mass is 10.0. The highest BCUT2D eigenvalue weighted by Gasteiger charge is 2.11. The van der Waals surface area contributed by atoms with Gasteiger partial charge in [0, 0.05) is 4.47 Å². The molecule has 84 valence electrons. The Morgan fingerprint density at radius 2 is 2.25 bits per heavy atom. The van der Waals surface area contributed by atoms with Crippen LogP contribution in [0.2, 0.25) is 0 Å². The average molecular weight is 282 g/mol. The fraction of sp³-hybridized carbons (Fsp3) is 0.333. The fourth-order valence-corrected chi connectivity index (χ4v) is 2.12. The molecule has 0 aliphatic carbocycles. The number of halogens is 1. The first-order chi connectivity index (χ1) is 7.58. The summed E-state index contributed by atoms with van der Waals surface area (Å²) in [5.41, 5.74) is 2.37. The van der Waals surface area contributed by atoms with E-state index in [1.165, 1.54) is 0 Å². The predicted octanol–water partition coefficient (Wildman–Crippen LogP) is 2.73. The number of nitriles is 1. The van der Waals surface area contributed by atoms with Crippen molar-refractivity contribution in [3.8, 4) is 6.07 Å². The van der Waals surface area contributed by atoms with Crippen LogP contribution in [0.5, 0.6) is 0 Å². The SMILES string of the molecule is CCOC(=O)Cc1c(C)cc(C#N)cc1Br. The van der Waals surface area contributed by atoms with E-state index in [0.29, 0.717) is 12.2 Å². The van der Waals surface area contributed by atoms with Gasteiger partial charge in [0.1, 0.15) is 0 Å². The average Bonchev–Trinajstić information content (AvgIpc) is 2.23. The molecule has 16 heavy (non-hydrogen) atoms. The standard InChI is InChI=1S/C12H12BrNO2/c1-3-16-12(15)6-10-8(2)4-9(7-14)5-11(10)13/h4-5H,3,6H2,1-2H3. The minimum Gasteiger partial charge on any atom is -0.466 e. The molecule has 0 aromatic heterocycles. The van der Waals surface area contributed by atoms with Crippen LogP contribution in [0.25, 0.3) is 0 Å². The molecule has 1 rings (SSSR count). The zero-order valence-electron chi connectivity index (χ0n) is 9.21. The Balaban J connectivity index is 2.98. The monoisotopic (exact) mass is 281 g/mol. The summed E-state index contributed by atoms with van der Waals surface area (Å²) in [7, 11) is 0. The normalized spacial score (nSPS) is 9.62. The second-order valence-corrected chi connectivity index (χ2v) is 4.20. The molecule has 0 aliphatic rings. The van der Waals surface area contributed by atoms with Gasteiger partial charge in [-0.15, -0.1) is 0 Å². The van der Waals surface area contributed by atoms with E-state index in [-0.39, 0.29) is 12.4 Å². The first kappa shape index (κ1) is 12.7. The highest BCUT2D eigenvalue weighted by atomic mass is 79.9. The zero-order chi connectivity index (χ0) is 12.1. The first-order valence-corrected chi connectivity index (χ1v) is 5.72. The van der Waals surface area contributed by atoms with Crippen LogP contribution in [0, 0.1) is 18.3 Å². The number of esters is 1. The second-order valence-electron chi connectivity index (χ2n) is 3.35. The Bertz CT molecular complexity index is 426. The molecule has 0 saturated carbocycles. The van der Waals surface area contributed by atoms with E-state index < -0.39 is 0 Å². The lowest BCUT2D eigenvalue weighted by Crippen LogP contribution is -2.09. The van der Waals surface area contributed by atoms with Gasteiger partial charge in [-0.3, -0.25) is 4.79 Å². The molecule has 3 nitrogen and oxygen atoms in total. The number of carbonyl (C=O) groups is 1. The molecule has 0 spiro atoms. The van der Waals surface area contributed by atoms with Gasteiger partial charge in [-0.05, 0) is 37.1 Å². The largest absolute Gasteiger partial charge is 0.466 e. The number of nitrogens with zero attached hydrogens (tertiary/aromatic N) is 1. The van der Waals surface area contributed by atoms with Crippen LogP contribution in [0.3, 0.4) is 0 Å². The molecular weight excluding hydrogens is 270 g/mol. The van der Waals surface area contributed by atoms with Crippen molar-refractivity contribution < 1.29 is 9.53 Å². The van der Waals surface area contributed by atoms with E-state index in [0.717, 1.165) is 15.6 Å². The molecule has 0 saturated heterocycles. The molecule has 0 amide bonds. The van der Waals surface area contributed by atoms with Crippen LogP contribution in [0.4, 0.5) is 0 Å². The van der Waals surface area contributed by atoms with E-state index in [4.69, 9.17) is 10.00 Å². The van der Waals surface area contributed by atoms with Gasteiger partial charge < -0.3 is 4.74 Å². The van der Waals surface area contributed by atoms with Gasteiger partial charge in [0.15, 0.2) is 0 Å². The number of benzene rings is 1. The van der Waals surface area contributed by atoms with Crippen LogP contribution in [0.1, 0.15) is 23.6 Å². The van der Waals surface area contributed by atoms with Gasteiger partial charge in [0.2, 0.25) is 0 Å². The molecule has 0 heterocycles. The molecule has 4 heteroatoms. The summed E-state index contributed by atoms with van der Waals surface area (Å²) >= 11 is 3.36. The Morgan fingerprint density at radius 1 is 1.56 bits per heavy atom. The summed E-state index contributed by atoms with van der Waals surface area (Å²) in [5, 5.41) is 8.78. The van der Waals surface area contributed by atoms with Gasteiger partial charge in [0.05, 0.1) is 24.7 Å². The van der Waals surface area contributed by atoms with Crippen molar-refractivity contribution in [3.63, 3.8) is 0 Å². The molecule has 0 N–H and O–H groups in total. The highest BCUT2D eigenvalue weighted by Crippen LogP contribution is 2.23. The van der Waals surface area contributed by atoms with E-state index in [1.54, 1.807) is 19.1 Å². The number of ether oxygens (including phenoxy) is 1. The maximum atomic E-state index is 11.4. The molecule has 1 aromatic rings. The Kier molecular flexibility index (Phi) is 4.51. The fourth-order valence-electron chi connectivity index (χ4n) is 1.42. The van der Waals surface area contributed by atoms with Crippen LogP contribution in [0.15, 0.2) is 16.6 Å². The third-order valence-corrected chi connectivity index (χ3v) is 2.88. The van der Waals surface area contributed by atoms with Crippen LogP contribution in [-0.4, -0.2) is 12.6 Å². The number of hydrogen-bond donors (Lipinski definition) is 0. The van der Waals surface area contributed by atoms with Gasteiger partial charge in [-0.2, -0.15) is 5.26 Å². The van der Waals surface area contributed by atoms with E-state index in [2.05, 4.69) is 22.0 Å². The summed E-state index contributed by atoms with van der Waals surface area (Å²) < 4.78 is 5.66. The molecule has 0 radical (unpaired) electrons. The molecule has 0 fully saturated rings. The lowest BCUT2D eigenvalue weighted by Gasteiger charge is -2.08. The van der Waals surface area contributed by atoms with E-state index >= 15 is 0 Å². The molecule has 0 unspecified atom stereocenters. The maximum Gasteiger partial charge on any atom is 0.310 e. The van der Waals surface area contributed by atoms with Gasteiger partial charge in [0.25, 0.3) is 0 Å². The van der Waals surface area contributed by atoms with Crippen molar-refractivity contribution >= 4 is 21.9 Å². The van der Waals surface area contributed by atoms with Crippen molar-refractivity contribution in [1.82, 2.24) is 0 Å². The third-order valence-electron chi connectivity index (χ3n) is 2.17. The van der Waals surface area contributed by atoms with Crippen LogP contribution in [-0.2, 0) is 16.0 Å². The highest BCUT2D eigenvalue weighted by molar-refractivity contribution is 9.10. The van der Waals surface area contributed by atoms with E-state index in [1.807, 2.05) is 6.92 Å².